The van der Waals surface area contributed by atoms with Crippen molar-refractivity contribution in [2.45, 2.75) is 19.0 Å². The summed E-state index contributed by atoms with van der Waals surface area (Å²) in [6.07, 6.45) is 0. The Morgan fingerprint density at radius 2 is 1.88 bits per heavy atom. The quantitative estimate of drug-likeness (QED) is 0.808. The Bertz CT molecular complexity index is 933. The maximum absolute atomic E-state index is 13.0. The van der Waals surface area contributed by atoms with E-state index in [0.717, 1.165) is 10.5 Å². The fourth-order valence-electron chi connectivity index (χ4n) is 3.14. The molecule has 2 aliphatic heterocycles. The summed E-state index contributed by atoms with van der Waals surface area (Å²) in [5.74, 6) is 0.853. The highest BCUT2D eigenvalue weighted by Crippen LogP contribution is 2.37. The molecule has 4 rings (SSSR count). The maximum atomic E-state index is 13.0. The summed E-state index contributed by atoms with van der Waals surface area (Å²) >= 11 is 12.2. The number of ether oxygens (including phenoxy) is 2. The molecular formula is C18H14Cl2N2O4. The summed E-state index contributed by atoms with van der Waals surface area (Å²) in [4.78, 5) is 26.6. The van der Waals surface area contributed by atoms with Crippen molar-refractivity contribution in [3.63, 3.8) is 0 Å². The van der Waals surface area contributed by atoms with Crippen molar-refractivity contribution in [2.75, 3.05) is 6.79 Å². The minimum Gasteiger partial charge on any atom is -0.454 e. The zero-order chi connectivity index (χ0) is 18.5. The molecule has 0 aliphatic carbocycles. The van der Waals surface area contributed by atoms with Gasteiger partial charge in [0.2, 0.25) is 6.79 Å². The molecule has 2 aromatic rings. The average Bonchev–Trinajstić information content (AvgIpc) is 3.13. The van der Waals surface area contributed by atoms with Gasteiger partial charge in [-0.1, -0.05) is 35.3 Å². The highest BCUT2D eigenvalue weighted by atomic mass is 35.5. The molecular weight excluding hydrogens is 379 g/mol. The van der Waals surface area contributed by atoms with Gasteiger partial charge in [0.25, 0.3) is 5.91 Å². The number of amides is 3. The Hall–Kier alpha value is -2.44. The second-order valence-electron chi connectivity index (χ2n) is 6.26. The van der Waals surface area contributed by atoms with Gasteiger partial charge in [-0.3, -0.25) is 9.69 Å². The highest BCUT2D eigenvalue weighted by molar-refractivity contribution is 6.35. The molecule has 2 heterocycles. The van der Waals surface area contributed by atoms with Crippen molar-refractivity contribution in [3.05, 3.63) is 57.6 Å². The molecule has 2 aromatic carbocycles. The van der Waals surface area contributed by atoms with E-state index < -0.39 is 11.6 Å². The number of hydrogen-bond acceptors (Lipinski definition) is 4. The fraction of sp³-hybridized carbons (Fsp3) is 0.222. The predicted molar refractivity (Wildman–Crippen MR) is 95.5 cm³/mol. The molecule has 0 spiro atoms. The monoisotopic (exact) mass is 392 g/mol. The van der Waals surface area contributed by atoms with Crippen LogP contribution in [0.5, 0.6) is 11.5 Å². The summed E-state index contributed by atoms with van der Waals surface area (Å²) in [5, 5.41) is 3.51. The van der Waals surface area contributed by atoms with Gasteiger partial charge in [-0.25, -0.2) is 4.79 Å². The Morgan fingerprint density at radius 1 is 1.12 bits per heavy atom. The lowest BCUT2D eigenvalue weighted by atomic mass is 9.92. The topological polar surface area (TPSA) is 67.9 Å². The lowest BCUT2D eigenvalue weighted by Gasteiger charge is -2.23. The molecule has 134 valence electrons. The summed E-state index contributed by atoms with van der Waals surface area (Å²) in [7, 11) is 0. The number of hydrogen-bond donors (Lipinski definition) is 1. The van der Waals surface area contributed by atoms with E-state index in [9.17, 15) is 9.59 Å². The number of halogens is 2. The molecule has 1 N–H and O–H groups in total. The molecule has 2 aliphatic rings. The molecule has 26 heavy (non-hydrogen) atoms. The number of carbonyl (C=O) groups is 2. The highest BCUT2D eigenvalue weighted by Gasteiger charge is 2.49. The molecule has 0 radical (unpaired) electrons. The van der Waals surface area contributed by atoms with Crippen LogP contribution in [0.25, 0.3) is 0 Å². The van der Waals surface area contributed by atoms with Gasteiger partial charge >= 0.3 is 6.03 Å². The van der Waals surface area contributed by atoms with Crippen molar-refractivity contribution < 1.29 is 19.1 Å². The molecule has 1 fully saturated rings. The molecule has 0 bridgehead atoms. The first kappa shape index (κ1) is 17.0. The zero-order valence-corrected chi connectivity index (χ0v) is 15.2. The van der Waals surface area contributed by atoms with E-state index in [-0.39, 0.29) is 19.2 Å². The van der Waals surface area contributed by atoms with Crippen LogP contribution < -0.4 is 14.8 Å². The van der Waals surface area contributed by atoms with Gasteiger partial charge in [-0.2, -0.15) is 0 Å². The number of rotatable bonds is 3. The molecule has 8 heteroatoms. The van der Waals surface area contributed by atoms with Crippen molar-refractivity contribution in [2.24, 2.45) is 0 Å². The van der Waals surface area contributed by atoms with Crippen LogP contribution in [0.4, 0.5) is 4.79 Å². The van der Waals surface area contributed by atoms with Gasteiger partial charge < -0.3 is 14.8 Å². The summed E-state index contributed by atoms with van der Waals surface area (Å²) in [6, 6.07) is 9.64. The van der Waals surface area contributed by atoms with Crippen LogP contribution in [0.2, 0.25) is 10.0 Å². The summed E-state index contributed by atoms with van der Waals surface area (Å²) < 4.78 is 10.6. The number of benzene rings is 2. The van der Waals surface area contributed by atoms with Crippen molar-refractivity contribution in [1.82, 2.24) is 10.2 Å². The largest absolute Gasteiger partial charge is 0.454 e. The van der Waals surface area contributed by atoms with Gasteiger partial charge in [-0.15, -0.1) is 0 Å². The Balaban J connectivity index is 1.63. The molecule has 1 unspecified atom stereocenters. The van der Waals surface area contributed by atoms with Crippen LogP contribution in [-0.4, -0.2) is 23.6 Å². The first-order valence-corrected chi connectivity index (χ1v) is 8.62. The molecule has 3 amide bonds. The third-order valence-electron chi connectivity index (χ3n) is 4.52. The van der Waals surface area contributed by atoms with Crippen LogP contribution in [0.1, 0.15) is 18.1 Å². The van der Waals surface area contributed by atoms with Crippen LogP contribution in [0.15, 0.2) is 36.4 Å². The lowest BCUT2D eigenvalue weighted by Crippen LogP contribution is -2.41. The number of nitrogens with zero attached hydrogens (tertiary/aromatic N) is 1. The normalized spacial score (nSPS) is 21.3. The maximum Gasteiger partial charge on any atom is 0.325 e. The minimum absolute atomic E-state index is 0.113. The average molecular weight is 393 g/mol. The Labute approximate surface area is 159 Å². The number of carbonyl (C=O) groups excluding carboxylic acids is 2. The van der Waals surface area contributed by atoms with E-state index in [0.29, 0.717) is 27.1 Å². The molecule has 1 atom stereocenters. The van der Waals surface area contributed by atoms with E-state index in [2.05, 4.69) is 5.32 Å². The van der Waals surface area contributed by atoms with Gasteiger partial charge in [0.1, 0.15) is 5.54 Å². The molecule has 1 saturated heterocycles. The van der Waals surface area contributed by atoms with Crippen molar-refractivity contribution in [3.8, 4) is 11.5 Å². The van der Waals surface area contributed by atoms with Crippen LogP contribution >= 0.6 is 23.2 Å². The number of imide groups is 1. The zero-order valence-electron chi connectivity index (χ0n) is 13.7. The lowest BCUT2D eigenvalue weighted by molar-refractivity contribution is -0.131. The third-order valence-corrected chi connectivity index (χ3v) is 5.07. The van der Waals surface area contributed by atoms with Crippen LogP contribution in [0, 0.1) is 0 Å². The second-order valence-corrected chi connectivity index (χ2v) is 7.10. The van der Waals surface area contributed by atoms with Gasteiger partial charge in [0.15, 0.2) is 11.5 Å². The summed E-state index contributed by atoms with van der Waals surface area (Å²) in [5.41, 5.74) is -0.00551. The van der Waals surface area contributed by atoms with E-state index in [1.807, 2.05) is 0 Å². The van der Waals surface area contributed by atoms with Crippen molar-refractivity contribution >= 4 is 35.1 Å². The number of urea groups is 1. The van der Waals surface area contributed by atoms with Gasteiger partial charge in [0.05, 0.1) is 6.54 Å². The Morgan fingerprint density at radius 3 is 2.65 bits per heavy atom. The Kier molecular flexibility index (Phi) is 3.97. The van der Waals surface area contributed by atoms with Gasteiger partial charge in [0, 0.05) is 15.6 Å². The second kappa shape index (κ2) is 6.07. The SMILES string of the molecule is CC1(c2ccc(Cl)cc2Cl)NC(=O)N(Cc2ccc3c(c2)OCO3)C1=O. The molecule has 0 aromatic heterocycles. The van der Waals surface area contributed by atoms with Gasteiger partial charge in [-0.05, 0) is 36.8 Å². The molecule has 6 nitrogen and oxygen atoms in total. The molecule has 0 saturated carbocycles. The first-order chi connectivity index (χ1) is 12.4. The van der Waals surface area contributed by atoms with Crippen molar-refractivity contribution in [1.29, 1.82) is 0 Å². The third kappa shape index (κ3) is 2.66. The number of nitrogens with one attached hydrogen (secondary N) is 1. The van der Waals surface area contributed by atoms with Crippen LogP contribution in [-0.2, 0) is 16.9 Å². The first-order valence-electron chi connectivity index (χ1n) is 7.86. The van der Waals surface area contributed by atoms with Crippen LogP contribution in [0.3, 0.4) is 0 Å². The number of fused-ring (bicyclic) bond motifs is 1. The fourth-order valence-corrected chi connectivity index (χ4v) is 3.74. The van der Waals surface area contributed by atoms with E-state index in [1.165, 1.54) is 0 Å². The summed E-state index contributed by atoms with van der Waals surface area (Å²) in [6.45, 7) is 1.90. The van der Waals surface area contributed by atoms with E-state index >= 15 is 0 Å². The van der Waals surface area contributed by atoms with E-state index in [4.69, 9.17) is 32.7 Å². The standard InChI is InChI=1S/C18H14Cl2N2O4/c1-18(12-4-3-11(19)7-13(12)20)16(23)22(17(24)21-18)8-10-2-5-14-15(6-10)26-9-25-14/h2-7H,8-9H2,1H3,(H,21,24). The minimum atomic E-state index is -1.25. The smallest absolute Gasteiger partial charge is 0.325 e. The van der Waals surface area contributed by atoms with E-state index in [1.54, 1.807) is 43.3 Å². The predicted octanol–water partition coefficient (Wildman–Crippen LogP) is 3.69.